The molecule has 5 rings (SSSR count). The fourth-order valence-corrected chi connectivity index (χ4v) is 4.99. The van der Waals surface area contributed by atoms with E-state index in [9.17, 15) is 0 Å². The van der Waals surface area contributed by atoms with Crippen molar-refractivity contribution in [1.82, 2.24) is 29.8 Å². The number of nitrogens with zero attached hydrogens (tertiary/aromatic N) is 6. The molecule has 0 radical (unpaired) electrons. The normalized spacial score (nSPS) is 14.5. The maximum atomic E-state index is 5.47. The van der Waals surface area contributed by atoms with Crippen molar-refractivity contribution in [2.75, 3.05) is 25.4 Å². The zero-order valence-corrected chi connectivity index (χ0v) is 19.4. The lowest BCUT2D eigenvalue weighted by Crippen LogP contribution is -2.28. The van der Waals surface area contributed by atoms with Gasteiger partial charge in [0.2, 0.25) is 5.82 Å². The highest BCUT2D eigenvalue weighted by Crippen LogP contribution is 2.26. The molecule has 0 spiro atoms. The molecule has 3 aromatic heterocycles. The second-order valence-electron chi connectivity index (χ2n) is 8.13. The van der Waals surface area contributed by atoms with Crippen LogP contribution in [0, 0.1) is 13.8 Å². The third-order valence-corrected chi connectivity index (χ3v) is 6.95. The lowest BCUT2D eigenvalue weighted by molar-refractivity contribution is 0.306. The Balaban J connectivity index is 1.18. The lowest BCUT2D eigenvalue weighted by atomic mass is 9.99. The zero-order chi connectivity index (χ0) is 22.1. The highest BCUT2D eigenvalue weighted by molar-refractivity contribution is 7.99. The van der Waals surface area contributed by atoms with Gasteiger partial charge in [-0.2, -0.15) is 0 Å². The van der Waals surface area contributed by atoms with Crippen LogP contribution < -0.4 is 0 Å². The van der Waals surface area contributed by atoms with Gasteiger partial charge in [-0.3, -0.25) is 0 Å². The Bertz CT molecular complexity index is 1230. The molecular weight excluding hydrogens is 424 g/mol. The summed E-state index contributed by atoms with van der Waals surface area (Å²) in [6.45, 7) is 6.96. The van der Waals surface area contributed by atoms with Gasteiger partial charge in [-0.05, 0) is 43.9 Å². The highest BCUT2D eigenvalue weighted by atomic mass is 32.2. The Morgan fingerprint density at radius 1 is 1.06 bits per heavy atom. The largest absolute Gasteiger partial charge is 0.440 e. The zero-order valence-electron chi connectivity index (χ0n) is 18.5. The number of oxazole rings is 1. The summed E-state index contributed by atoms with van der Waals surface area (Å²) in [6, 6.07) is 8.67. The predicted molar refractivity (Wildman–Crippen MR) is 122 cm³/mol. The van der Waals surface area contributed by atoms with Crippen LogP contribution in [0.3, 0.4) is 0 Å². The van der Waals surface area contributed by atoms with Crippen LogP contribution in [0.1, 0.15) is 22.6 Å². The SMILES string of the molecule is Cc1cc(-c2ccc3c(c2)CCN(CCSc2nnc(-c4ocnc4C)n2C)CC3)no1. The smallest absolute Gasteiger partial charge is 0.202 e. The van der Waals surface area contributed by atoms with Crippen LogP contribution in [-0.4, -0.2) is 55.2 Å². The minimum absolute atomic E-state index is 0.678. The minimum Gasteiger partial charge on any atom is -0.440 e. The van der Waals surface area contributed by atoms with E-state index in [0.29, 0.717) is 11.6 Å². The van der Waals surface area contributed by atoms with E-state index in [1.165, 1.54) is 17.5 Å². The van der Waals surface area contributed by atoms with Crippen molar-refractivity contribution in [3.8, 4) is 22.8 Å². The maximum absolute atomic E-state index is 5.47. The van der Waals surface area contributed by atoms with Gasteiger partial charge in [0.1, 0.15) is 11.5 Å². The highest BCUT2D eigenvalue weighted by Gasteiger charge is 2.18. The molecule has 9 heteroatoms. The summed E-state index contributed by atoms with van der Waals surface area (Å²) in [5.74, 6) is 3.19. The third kappa shape index (κ3) is 4.22. The van der Waals surface area contributed by atoms with Crippen molar-refractivity contribution in [3.63, 3.8) is 0 Å². The van der Waals surface area contributed by atoms with Gasteiger partial charge in [0.15, 0.2) is 17.3 Å². The van der Waals surface area contributed by atoms with Crippen LogP contribution in [0.5, 0.6) is 0 Å². The van der Waals surface area contributed by atoms with E-state index in [0.717, 1.165) is 66.1 Å². The fraction of sp³-hybridized carbons (Fsp3) is 0.391. The molecule has 0 aliphatic carbocycles. The van der Waals surface area contributed by atoms with E-state index in [-0.39, 0.29) is 0 Å². The first-order valence-corrected chi connectivity index (χ1v) is 11.8. The molecule has 166 valence electrons. The van der Waals surface area contributed by atoms with Crippen molar-refractivity contribution in [1.29, 1.82) is 0 Å². The number of aryl methyl sites for hydroxylation is 2. The minimum atomic E-state index is 0.678. The summed E-state index contributed by atoms with van der Waals surface area (Å²) in [4.78, 5) is 6.68. The van der Waals surface area contributed by atoms with Gasteiger partial charge in [0.05, 0.1) is 5.69 Å². The molecule has 0 unspecified atom stereocenters. The Hall–Kier alpha value is -2.91. The molecule has 32 heavy (non-hydrogen) atoms. The van der Waals surface area contributed by atoms with Crippen LogP contribution in [-0.2, 0) is 19.9 Å². The van der Waals surface area contributed by atoms with Crippen molar-refractivity contribution in [2.45, 2.75) is 31.8 Å². The summed E-state index contributed by atoms with van der Waals surface area (Å²) >= 11 is 1.72. The van der Waals surface area contributed by atoms with Crippen LogP contribution in [0.25, 0.3) is 22.8 Å². The summed E-state index contributed by atoms with van der Waals surface area (Å²) < 4.78 is 12.7. The fourth-order valence-electron chi connectivity index (χ4n) is 4.08. The molecular formula is C23H26N6O2S. The number of rotatable bonds is 6. The van der Waals surface area contributed by atoms with Crippen molar-refractivity contribution < 1.29 is 8.94 Å². The van der Waals surface area contributed by atoms with Crippen LogP contribution >= 0.6 is 11.8 Å². The second-order valence-corrected chi connectivity index (χ2v) is 9.19. The number of thioether (sulfide) groups is 1. The topological polar surface area (TPSA) is 86.0 Å². The van der Waals surface area contributed by atoms with Crippen LogP contribution in [0.4, 0.5) is 0 Å². The predicted octanol–water partition coefficient (Wildman–Crippen LogP) is 3.93. The Morgan fingerprint density at radius 3 is 2.66 bits per heavy atom. The summed E-state index contributed by atoms with van der Waals surface area (Å²) in [7, 11) is 1.97. The number of hydrogen-bond donors (Lipinski definition) is 0. The van der Waals surface area contributed by atoms with E-state index < -0.39 is 0 Å². The maximum Gasteiger partial charge on any atom is 0.202 e. The molecule has 0 saturated carbocycles. The Labute approximate surface area is 191 Å². The van der Waals surface area contributed by atoms with E-state index in [1.54, 1.807) is 11.8 Å². The van der Waals surface area contributed by atoms with Crippen LogP contribution in [0.15, 0.2) is 44.8 Å². The average Bonchev–Trinajstić information content (AvgIpc) is 3.46. The molecule has 0 bridgehead atoms. The first kappa shape index (κ1) is 21.0. The van der Waals surface area contributed by atoms with Crippen molar-refractivity contribution in [2.24, 2.45) is 7.05 Å². The van der Waals surface area contributed by atoms with E-state index >= 15 is 0 Å². The monoisotopic (exact) mass is 450 g/mol. The quantitative estimate of drug-likeness (QED) is 0.409. The van der Waals surface area contributed by atoms with Crippen molar-refractivity contribution >= 4 is 11.8 Å². The summed E-state index contributed by atoms with van der Waals surface area (Å²) in [5.41, 5.74) is 5.71. The first-order valence-electron chi connectivity index (χ1n) is 10.8. The molecule has 4 aromatic rings. The molecule has 1 aliphatic rings. The first-order chi connectivity index (χ1) is 15.6. The molecule has 0 atom stereocenters. The standard InChI is InChI=1S/C23H26N6O2S/c1-15-12-20(27-31-15)19-5-4-17-6-8-29(9-7-18(17)13-19)10-11-32-23-26-25-22(28(23)3)21-16(2)24-14-30-21/h4-5,12-14H,6-11H2,1-3H3. The van der Waals surface area contributed by atoms with Crippen molar-refractivity contribution in [3.05, 3.63) is 53.2 Å². The number of benzene rings is 1. The molecule has 0 N–H and O–H groups in total. The van der Waals surface area contributed by atoms with Gasteiger partial charge >= 0.3 is 0 Å². The number of fused-ring (bicyclic) bond motifs is 1. The van der Waals surface area contributed by atoms with Gasteiger partial charge in [-0.1, -0.05) is 29.1 Å². The Kier molecular flexibility index (Phi) is 5.84. The van der Waals surface area contributed by atoms with Gasteiger partial charge < -0.3 is 18.4 Å². The Morgan fingerprint density at radius 2 is 1.91 bits per heavy atom. The third-order valence-electron chi connectivity index (χ3n) is 5.95. The van der Waals surface area contributed by atoms with Gasteiger partial charge in [-0.15, -0.1) is 10.2 Å². The van der Waals surface area contributed by atoms with Crippen LogP contribution in [0.2, 0.25) is 0 Å². The van der Waals surface area contributed by atoms with Gasteiger partial charge in [0.25, 0.3) is 0 Å². The number of hydrogen-bond acceptors (Lipinski definition) is 8. The van der Waals surface area contributed by atoms with E-state index in [1.807, 2.05) is 31.5 Å². The molecule has 1 aromatic carbocycles. The van der Waals surface area contributed by atoms with E-state index in [2.05, 4.69) is 43.4 Å². The lowest BCUT2D eigenvalue weighted by Gasteiger charge is -2.19. The summed E-state index contributed by atoms with van der Waals surface area (Å²) in [6.07, 6.45) is 3.56. The molecule has 0 saturated heterocycles. The average molecular weight is 451 g/mol. The molecule has 0 amide bonds. The summed E-state index contributed by atoms with van der Waals surface area (Å²) in [5, 5.41) is 13.7. The van der Waals surface area contributed by atoms with E-state index in [4.69, 9.17) is 8.94 Å². The second kappa shape index (κ2) is 8.91. The molecule has 1 aliphatic heterocycles. The van der Waals surface area contributed by atoms with Gasteiger partial charge in [0, 0.05) is 44.1 Å². The molecule has 4 heterocycles. The number of aromatic nitrogens is 5. The van der Waals surface area contributed by atoms with Gasteiger partial charge in [-0.25, -0.2) is 4.98 Å². The molecule has 8 nitrogen and oxygen atoms in total. The molecule has 0 fully saturated rings.